The van der Waals surface area contributed by atoms with Gasteiger partial charge in [-0.3, -0.25) is 4.98 Å². The smallest absolute Gasteiger partial charge is 0.248 e. The van der Waals surface area contributed by atoms with E-state index < -0.39 is 0 Å². The van der Waals surface area contributed by atoms with Crippen molar-refractivity contribution in [3.8, 4) is 11.6 Å². The molecule has 3 aromatic rings. The van der Waals surface area contributed by atoms with E-state index in [1.165, 1.54) is 6.33 Å². The van der Waals surface area contributed by atoms with Crippen molar-refractivity contribution in [3.05, 3.63) is 41.3 Å². The van der Waals surface area contributed by atoms with Crippen LogP contribution in [-0.2, 0) is 0 Å². The lowest BCUT2D eigenvalue weighted by Gasteiger charge is -2.11. The highest BCUT2D eigenvalue weighted by Crippen LogP contribution is 2.35. The Morgan fingerprint density at radius 3 is 2.86 bits per heavy atom. The molecule has 0 spiro atoms. The first kappa shape index (κ1) is 13.6. The van der Waals surface area contributed by atoms with E-state index in [1.54, 1.807) is 13.2 Å². The van der Waals surface area contributed by atoms with Crippen molar-refractivity contribution < 1.29 is 4.74 Å². The number of benzene rings is 1. The van der Waals surface area contributed by atoms with Crippen LogP contribution >= 0.6 is 15.9 Å². The van der Waals surface area contributed by atoms with E-state index in [4.69, 9.17) is 10.5 Å². The molecule has 0 atom stereocenters. The van der Waals surface area contributed by atoms with Crippen LogP contribution in [0, 0.1) is 0 Å². The highest BCUT2D eigenvalue weighted by molar-refractivity contribution is 9.10. The normalized spacial score (nSPS) is 10.6. The Morgan fingerprint density at radius 2 is 2.05 bits per heavy atom. The van der Waals surface area contributed by atoms with Gasteiger partial charge in [-0.1, -0.05) is 22.0 Å². The number of ether oxygens (including phenoxy) is 1. The number of nitrogens with zero attached hydrogens (tertiary/aromatic N) is 3. The second-order valence-electron chi connectivity index (χ2n) is 4.24. The first-order valence-corrected chi connectivity index (χ1v) is 6.99. The molecule has 0 unspecified atom stereocenters. The van der Waals surface area contributed by atoms with E-state index in [1.807, 2.05) is 24.3 Å². The summed E-state index contributed by atoms with van der Waals surface area (Å²) in [4.78, 5) is 12.5. The molecule has 0 saturated heterocycles. The number of hydrogen-bond acceptors (Lipinski definition) is 6. The van der Waals surface area contributed by atoms with Gasteiger partial charge in [0.2, 0.25) is 5.88 Å². The molecule has 2 heterocycles. The summed E-state index contributed by atoms with van der Waals surface area (Å²) in [7, 11) is 1.74. The minimum atomic E-state index is 0.295. The first-order valence-electron chi connectivity index (χ1n) is 6.20. The molecule has 1 aromatic carbocycles. The van der Waals surface area contributed by atoms with Gasteiger partial charge in [-0.05, 0) is 18.2 Å². The Morgan fingerprint density at radius 1 is 1.19 bits per heavy atom. The zero-order valence-corrected chi connectivity index (χ0v) is 12.8. The van der Waals surface area contributed by atoms with E-state index in [-0.39, 0.29) is 0 Å². The van der Waals surface area contributed by atoms with Crippen molar-refractivity contribution in [1.29, 1.82) is 0 Å². The molecular weight excluding hydrogens is 334 g/mol. The van der Waals surface area contributed by atoms with Crippen LogP contribution in [0.15, 0.2) is 41.3 Å². The zero-order valence-electron chi connectivity index (χ0n) is 11.2. The number of fused-ring (bicyclic) bond motifs is 1. The molecule has 2 aromatic heterocycles. The molecule has 3 rings (SSSR count). The Hall–Kier alpha value is -2.41. The molecule has 21 heavy (non-hydrogen) atoms. The number of nitrogens with two attached hydrogens (primary N) is 1. The van der Waals surface area contributed by atoms with Crippen molar-refractivity contribution in [3.63, 3.8) is 0 Å². The number of pyridine rings is 1. The topological polar surface area (TPSA) is 86.0 Å². The maximum absolute atomic E-state index is 5.97. The molecule has 7 heteroatoms. The Balaban J connectivity index is 2.09. The largest absolute Gasteiger partial charge is 0.435 e. The molecule has 3 N–H and O–H groups in total. The van der Waals surface area contributed by atoms with E-state index in [0.29, 0.717) is 23.1 Å². The molecule has 0 saturated carbocycles. The van der Waals surface area contributed by atoms with Crippen molar-refractivity contribution >= 4 is 38.3 Å². The fourth-order valence-electron chi connectivity index (χ4n) is 1.96. The van der Waals surface area contributed by atoms with Gasteiger partial charge in [-0.2, -0.15) is 4.98 Å². The van der Waals surface area contributed by atoms with Gasteiger partial charge in [0.15, 0.2) is 11.6 Å². The van der Waals surface area contributed by atoms with Crippen LogP contribution in [0.3, 0.4) is 0 Å². The maximum Gasteiger partial charge on any atom is 0.248 e. The summed E-state index contributed by atoms with van der Waals surface area (Å²) in [5, 5.41) is 3.84. The summed E-state index contributed by atoms with van der Waals surface area (Å²) in [6.45, 7) is 0. The minimum Gasteiger partial charge on any atom is -0.435 e. The van der Waals surface area contributed by atoms with Crippen LogP contribution in [0.25, 0.3) is 10.9 Å². The summed E-state index contributed by atoms with van der Waals surface area (Å²) in [6.07, 6.45) is 3.11. The number of nitrogen functional groups attached to an aromatic ring is 1. The van der Waals surface area contributed by atoms with Gasteiger partial charge in [-0.25, -0.2) is 4.98 Å². The number of aromatic nitrogens is 3. The third-order valence-corrected chi connectivity index (χ3v) is 3.66. The summed E-state index contributed by atoms with van der Waals surface area (Å²) in [5.41, 5.74) is 7.06. The van der Waals surface area contributed by atoms with Crippen molar-refractivity contribution in [2.24, 2.45) is 0 Å². The molecule has 0 aliphatic rings. The maximum atomic E-state index is 5.97. The van der Waals surface area contributed by atoms with Gasteiger partial charge in [0.1, 0.15) is 17.5 Å². The van der Waals surface area contributed by atoms with Crippen LogP contribution < -0.4 is 15.8 Å². The van der Waals surface area contributed by atoms with Gasteiger partial charge in [0, 0.05) is 23.1 Å². The number of hydrogen-bond donors (Lipinski definition) is 2. The highest BCUT2D eigenvalue weighted by atomic mass is 79.9. The fraction of sp³-hybridized carbons (Fsp3) is 0.0714. The van der Waals surface area contributed by atoms with Crippen LogP contribution in [0.1, 0.15) is 0 Å². The van der Waals surface area contributed by atoms with Crippen LogP contribution in [0.2, 0.25) is 0 Å². The monoisotopic (exact) mass is 345 g/mol. The molecule has 0 fully saturated rings. The Kier molecular flexibility index (Phi) is 3.57. The molecule has 0 radical (unpaired) electrons. The molecule has 6 nitrogen and oxygen atoms in total. The summed E-state index contributed by atoms with van der Waals surface area (Å²) in [5.74, 6) is 1.40. The lowest BCUT2D eigenvalue weighted by Crippen LogP contribution is -2.03. The number of rotatable bonds is 3. The highest BCUT2D eigenvalue weighted by Gasteiger charge is 2.12. The standard InChI is InChI=1S/C14H12BrN5O/c1-17-13-11(16)14(20-7-19-13)21-10-5-4-9(15)8-3-2-6-18-12(8)10/h2-7H,16H2,1H3,(H,17,19,20). The van der Waals surface area contributed by atoms with Crippen molar-refractivity contribution in [2.75, 3.05) is 18.1 Å². The summed E-state index contributed by atoms with van der Waals surface area (Å²) < 4.78 is 6.77. The molecule has 106 valence electrons. The lowest BCUT2D eigenvalue weighted by molar-refractivity contribution is 0.468. The van der Waals surface area contributed by atoms with E-state index >= 15 is 0 Å². The van der Waals surface area contributed by atoms with Gasteiger partial charge in [0.05, 0.1) is 0 Å². The second kappa shape index (κ2) is 5.53. The average molecular weight is 346 g/mol. The first-order chi connectivity index (χ1) is 10.2. The molecule has 0 bridgehead atoms. The third-order valence-electron chi connectivity index (χ3n) is 2.97. The molecule has 0 aliphatic heterocycles. The van der Waals surface area contributed by atoms with E-state index in [9.17, 15) is 0 Å². The Bertz CT molecular complexity index is 808. The second-order valence-corrected chi connectivity index (χ2v) is 5.09. The summed E-state index contributed by atoms with van der Waals surface area (Å²) >= 11 is 3.50. The van der Waals surface area contributed by atoms with E-state index in [0.717, 1.165) is 15.4 Å². The zero-order chi connectivity index (χ0) is 14.8. The predicted octanol–water partition coefficient (Wildman–Crippen LogP) is 3.20. The van der Waals surface area contributed by atoms with E-state index in [2.05, 4.69) is 36.2 Å². The van der Waals surface area contributed by atoms with Gasteiger partial charge in [-0.15, -0.1) is 0 Å². The quantitative estimate of drug-likeness (QED) is 0.757. The summed E-state index contributed by atoms with van der Waals surface area (Å²) in [6, 6.07) is 7.55. The SMILES string of the molecule is CNc1ncnc(Oc2ccc(Br)c3cccnc23)c1N. The predicted molar refractivity (Wildman–Crippen MR) is 85.5 cm³/mol. The third kappa shape index (κ3) is 2.47. The van der Waals surface area contributed by atoms with Crippen LogP contribution in [0.5, 0.6) is 11.6 Å². The van der Waals surface area contributed by atoms with Crippen molar-refractivity contribution in [2.45, 2.75) is 0 Å². The lowest BCUT2D eigenvalue weighted by atomic mass is 10.2. The fourth-order valence-corrected chi connectivity index (χ4v) is 2.41. The minimum absolute atomic E-state index is 0.295. The van der Waals surface area contributed by atoms with Crippen molar-refractivity contribution in [1.82, 2.24) is 15.0 Å². The van der Waals surface area contributed by atoms with Crippen LogP contribution in [0.4, 0.5) is 11.5 Å². The number of anilines is 2. The van der Waals surface area contributed by atoms with Gasteiger partial charge >= 0.3 is 0 Å². The number of nitrogens with one attached hydrogen (secondary N) is 1. The molecular formula is C14H12BrN5O. The average Bonchev–Trinajstić information content (AvgIpc) is 2.52. The van der Waals surface area contributed by atoms with Crippen LogP contribution in [-0.4, -0.2) is 22.0 Å². The van der Waals surface area contributed by atoms with Gasteiger partial charge < -0.3 is 15.8 Å². The molecule has 0 aliphatic carbocycles. The molecule has 0 amide bonds. The number of halogens is 1. The Labute approximate surface area is 129 Å². The van der Waals surface area contributed by atoms with Gasteiger partial charge in [0.25, 0.3) is 0 Å².